The first kappa shape index (κ1) is 18.0. The Hall–Kier alpha value is -0.0400. The van der Waals surface area contributed by atoms with Crippen molar-refractivity contribution in [1.82, 2.24) is 0 Å². The van der Waals surface area contributed by atoms with Gasteiger partial charge in [0.2, 0.25) is 0 Å². The van der Waals surface area contributed by atoms with E-state index in [-0.39, 0.29) is 11.0 Å². The van der Waals surface area contributed by atoms with Gasteiger partial charge in [0.05, 0.1) is 5.60 Å². The summed E-state index contributed by atoms with van der Waals surface area (Å²) in [5.41, 5.74) is 0.263. The molecule has 0 rings (SSSR count). The minimum Gasteiger partial charge on any atom is -0.375 e. The Balaban J connectivity index is 3.90. The zero-order valence-corrected chi connectivity index (χ0v) is 13.8. The van der Waals surface area contributed by atoms with Crippen LogP contribution in [0.1, 0.15) is 92.9 Å². The third-order valence-electron chi connectivity index (χ3n) is 4.45. The summed E-state index contributed by atoms with van der Waals surface area (Å²) < 4.78 is 6.04. The summed E-state index contributed by atoms with van der Waals surface area (Å²) in [6.07, 6.45) is 10.7. The fraction of sp³-hybridized carbons (Fsp3) is 1.00. The highest BCUT2D eigenvalue weighted by atomic mass is 16.5. The van der Waals surface area contributed by atoms with E-state index >= 15 is 0 Å². The van der Waals surface area contributed by atoms with Crippen molar-refractivity contribution >= 4 is 0 Å². The minimum atomic E-state index is -0.00751. The van der Waals surface area contributed by atoms with Crippen molar-refractivity contribution < 1.29 is 4.74 Å². The van der Waals surface area contributed by atoms with E-state index in [9.17, 15) is 0 Å². The Morgan fingerprint density at radius 1 is 0.722 bits per heavy atom. The second-order valence-electron chi connectivity index (χ2n) is 6.76. The first-order chi connectivity index (χ1) is 8.37. The molecule has 0 aliphatic heterocycles. The standard InChI is InChI=1S/C17H36O/c1-7-9-10-11-12-13-14-16(3,4)17(5,6)18-15-8-2/h7-15H2,1-6H3. The molecule has 0 saturated heterocycles. The fourth-order valence-electron chi connectivity index (χ4n) is 2.20. The third kappa shape index (κ3) is 6.78. The minimum absolute atomic E-state index is 0.00751. The molecule has 0 radical (unpaired) electrons. The van der Waals surface area contributed by atoms with E-state index in [4.69, 9.17) is 4.74 Å². The fourth-order valence-corrected chi connectivity index (χ4v) is 2.20. The summed E-state index contributed by atoms with van der Waals surface area (Å²) in [5.74, 6) is 0. The van der Waals surface area contributed by atoms with Crippen molar-refractivity contribution in [2.45, 2.75) is 98.5 Å². The van der Waals surface area contributed by atoms with Gasteiger partial charge < -0.3 is 4.74 Å². The van der Waals surface area contributed by atoms with Crippen LogP contribution < -0.4 is 0 Å². The molecule has 0 aromatic rings. The topological polar surface area (TPSA) is 9.23 Å². The Labute approximate surface area is 116 Å². The van der Waals surface area contributed by atoms with Gasteiger partial charge in [-0.3, -0.25) is 0 Å². The zero-order valence-electron chi connectivity index (χ0n) is 13.8. The van der Waals surface area contributed by atoms with E-state index in [2.05, 4.69) is 41.5 Å². The van der Waals surface area contributed by atoms with Gasteiger partial charge in [0.1, 0.15) is 0 Å². The van der Waals surface area contributed by atoms with Crippen LogP contribution in [0.5, 0.6) is 0 Å². The number of ether oxygens (including phenoxy) is 1. The van der Waals surface area contributed by atoms with E-state index < -0.39 is 0 Å². The predicted octanol–water partition coefficient (Wildman–Crippen LogP) is 5.97. The second-order valence-corrected chi connectivity index (χ2v) is 6.76. The summed E-state index contributed by atoms with van der Waals surface area (Å²) in [7, 11) is 0. The molecule has 1 heteroatoms. The van der Waals surface area contributed by atoms with Crippen LogP contribution >= 0.6 is 0 Å². The highest BCUT2D eigenvalue weighted by Crippen LogP contribution is 2.38. The van der Waals surface area contributed by atoms with Crippen LogP contribution in [0, 0.1) is 5.41 Å². The van der Waals surface area contributed by atoms with Gasteiger partial charge in [0.15, 0.2) is 0 Å². The zero-order chi connectivity index (χ0) is 14.1. The normalized spacial score (nSPS) is 13.0. The molecular weight excluding hydrogens is 220 g/mol. The van der Waals surface area contributed by atoms with Crippen LogP contribution in [-0.4, -0.2) is 12.2 Å². The van der Waals surface area contributed by atoms with Crippen molar-refractivity contribution in [3.8, 4) is 0 Å². The lowest BCUT2D eigenvalue weighted by Gasteiger charge is -2.41. The van der Waals surface area contributed by atoms with Gasteiger partial charge in [-0.1, -0.05) is 66.2 Å². The molecule has 0 fully saturated rings. The van der Waals surface area contributed by atoms with Gasteiger partial charge in [0, 0.05) is 6.61 Å². The molecule has 18 heavy (non-hydrogen) atoms. The first-order valence-corrected chi connectivity index (χ1v) is 8.01. The molecule has 0 spiro atoms. The van der Waals surface area contributed by atoms with Gasteiger partial charge >= 0.3 is 0 Å². The van der Waals surface area contributed by atoms with E-state index in [1.807, 2.05) is 0 Å². The first-order valence-electron chi connectivity index (χ1n) is 8.01. The maximum atomic E-state index is 6.04. The number of hydrogen-bond acceptors (Lipinski definition) is 1. The van der Waals surface area contributed by atoms with Gasteiger partial charge in [-0.25, -0.2) is 0 Å². The van der Waals surface area contributed by atoms with E-state index in [1.165, 1.54) is 44.9 Å². The lowest BCUT2D eigenvalue weighted by molar-refractivity contribution is -0.101. The molecule has 110 valence electrons. The number of rotatable bonds is 11. The molecule has 0 N–H and O–H groups in total. The Bertz CT molecular complexity index is 194. The second kappa shape index (κ2) is 8.96. The monoisotopic (exact) mass is 256 g/mol. The van der Waals surface area contributed by atoms with E-state index in [0.29, 0.717) is 0 Å². The van der Waals surface area contributed by atoms with E-state index in [1.54, 1.807) is 0 Å². The highest BCUT2D eigenvalue weighted by Gasteiger charge is 2.36. The molecule has 0 saturated carbocycles. The third-order valence-corrected chi connectivity index (χ3v) is 4.45. The van der Waals surface area contributed by atoms with Crippen LogP contribution in [0.2, 0.25) is 0 Å². The number of hydrogen-bond donors (Lipinski definition) is 0. The van der Waals surface area contributed by atoms with E-state index in [0.717, 1.165) is 13.0 Å². The van der Waals surface area contributed by atoms with Crippen molar-refractivity contribution in [3.05, 3.63) is 0 Å². The van der Waals surface area contributed by atoms with Crippen molar-refractivity contribution in [3.63, 3.8) is 0 Å². The summed E-state index contributed by atoms with van der Waals surface area (Å²) in [6.45, 7) is 14.5. The molecular formula is C17H36O. The van der Waals surface area contributed by atoms with Gasteiger partial charge in [-0.15, -0.1) is 0 Å². The Kier molecular flexibility index (Phi) is 8.94. The summed E-state index contributed by atoms with van der Waals surface area (Å²) in [5, 5.41) is 0. The molecule has 0 aromatic carbocycles. The van der Waals surface area contributed by atoms with Crippen LogP contribution in [0.4, 0.5) is 0 Å². The largest absolute Gasteiger partial charge is 0.375 e. The molecule has 0 atom stereocenters. The highest BCUT2D eigenvalue weighted by molar-refractivity contribution is 4.87. The lowest BCUT2D eigenvalue weighted by atomic mass is 9.73. The molecule has 0 aromatic heterocycles. The molecule has 0 amide bonds. The maximum absolute atomic E-state index is 6.04. The molecule has 0 bridgehead atoms. The summed E-state index contributed by atoms with van der Waals surface area (Å²) >= 11 is 0. The summed E-state index contributed by atoms with van der Waals surface area (Å²) in [4.78, 5) is 0. The lowest BCUT2D eigenvalue weighted by Crippen LogP contribution is -2.41. The molecule has 0 unspecified atom stereocenters. The molecule has 0 aliphatic rings. The quantitative estimate of drug-likeness (QED) is 0.414. The SMILES string of the molecule is CCCCCCCCC(C)(C)C(C)(C)OCCC. The van der Waals surface area contributed by atoms with Crippen molar-refractivity contribution in [2.24, 2.45) is 5.41 Å². The predicted molar refractivity (Wildman–Crippen MR) is 82.1 cm³/mol. The number of unbranched alkanes of at least 4 members (excludes halogenated alkanes) is 5. The van der Waals surface area contributed by atoms with Crippen LogP contribution in [0.25, 0.3) is 0 Å². The average molecular weight is 256 g/mol. The molecule has 0 aliphatic carbocycles. The Morgan fingerprint density at radius 2 is 1.28 bits per heavy atom. The van der Waals surface area contributed by atoms with Crippen LogP contribution in [0.15, 0.2) is 0 Å². The van der Waals surface area contributed by atoms with Crippen LogP contribution in [-0.2, 0) is 4.74 Å². The van der Waals surface area contributed by atoms with Gasteiger partial charge in [0.25, 0.3) is 0 Å². The molecule has 0 heterocycles. The maximum Gasteiger partial charge on any atom is 0.0677 e. The molecule has 1 nitrogen and oxygen atoms in total. The average Bonchev–Trinajstić information content (AvgIpc) is 2.31. The smallest absolute Gasteiger partial charge is 0.0677 e. The summed E-state index contributed by atoms with van der Waals surface area (Å²) in [6, 6.07) is 0. The van der Waals surface area contributed by atoms with Gasteiger partial charge in [-0.2, -0.15) is 0 Å². The van der Waals surface area contributed by atoms with Crippen molar-refractivity contribution in [2.75, 3.05) is 6.61 Å². The van der Waals surface area contributed by atoms with Crippen LogP contribution in [0.3, 0.4) is 0 Å². The van der Waals surface area contributed by atoms with Crippen molar-refractivity contribution in [1.29, 1.82) is 0 Å². The van der Waals surface area contributed by atoms with Gasteiger partial charge in [-0.05, 0) is 32.1 Å². The Morgan fingerprint density at radius 3 is 1.83 bits per heavy atom.